The van der Waals surface area contributed by atoms with Gasteiger partial charge < -0.3 is 9.64 Å². The van der Waals surface area contributed by atoms with Crippen molar-refractivity contribution >= 4 is 21.6 Å². The Bertz CT molecular complexity index is 1120. The summed E-state index contributed by atoms with van der Waals surface area (Å²) in [6.45, 7) is 3.04. The molecule has 0 bridgehead atoms. The standard InChI is InChI=1S/C25H28N2O4S/c1-3-27(22-13-6-4-7-14-22)32(29,30)24-17-10-12-21(20-24)25(28)26(2)18-11-19-31-23-15-8-5-9-16-23/h4-10,12-17,20H,3,11,18-19H2,1-2H3. The molecule has 168 valence electrons. The highest BCUT2D eigenvalue weighted by molar-refractivity contribution is 7.92. The summed E-state index contributed by atoms with van der Waals surface area (Å²) in [5.74, 6) is 0.558. The van der Waals surface area contributed by atoms with Gasteiger partial charge in [0.2, 0.25) is 0 Å². The average Bonchev–Trinajstić information content (AvgIpc) is 2.83. The van der Waals surface area contributed by atoms with Gasteiger partial charge in [-0.25, -0.2) is 8.42 Å². The molecule has 0 saturated heterocycles. The highest BCUT2D eigenvalue weighted by Gasteiger charge is 2.24. The summed E-state index contributed by atoms with van der Waals surface area (Å²) >= 11 is 0. The van der Waals surface area contributed by atoms with E-state index in [1.165, 1.54) is 16.4 Å². The van der Waals surface area contributed by atoms with E-state index in [-0.39, 0.29) is 17.3 Å². The van der Waals surface area contributed by atoms with Gasteiger partial charge in [0.25, 0.3) is 15.9 Å². The Morgan fingerprint density at radius 1 is 0.906 bits per heavy atom. The highest BCUT2D eigenvalue weighted by atomic mass is 32.2. The lowest BCUT2D eigenvalue weighted by Crippen LogP contribution is -2.31. The van der Waals surface area contributed by atoms with Crippen molar-refractivity contribution in [2.24, 2.45) is 0 Å². The van der Waals surface area contributed by atoms with Crippen molar-refractivity contribution in [3.05, 3.63) is 90.5 Å². The first-order valence-electron chi connectivity index (χ1n) is 10.5. The van der Waals surface area contributed by atoms with Crippen LogP contribution in [-0.4, -0.2) is 46.0 Å². The van der Waals surface area contributed by atoms with Crippen LogP contribution in [0.25, 0.3) is 0 Å². The van der Waals surface area contributed by atoms with Gasteiger partial charge in [0.1, 0.15) is 5.75 Å². The monoisotopic (exact) mass is 452 g/mol. The number of sulfonamides is 1. The van der Waals surface area contributed by atoms with Crippen molar-refractivity contribution in [2.75, 3.05) is 31.0 Å². The van der Waals surface area contributed by atoms with E-state index >= 15 is 0 Å². The lowest BCUT2D eigenvalue weighted by Gasteiger charge is -2.23. The predicted octanol–water partition coefficient (Wildman–Crippen LogP) is 4.44. The molecule has 0 saturated carbocycles. The lowest BCUT2D eigenvalue weighted by atomic mass is 10.2. The van der Waals surface area contributed by atoms with E-state index in [4.69, 9.17) is 4.74 Å². The first kappa shape index (κ1) is 23.3. The van der Waals surface area contributed by atoms with Crippen LogP contribution in [0.1, 0.15) is 23.7 Å². The smallest absolute Gasteiger partial charge is 0.264 e. The third kappa shape index (κ3) is 5.68. The SMILES string of the molecule is CCN(c1ccccc1)S(=O)(=O)c1cccc(C(=O)N(C)CCCOc2ccccc2)c1. The first-order chi connectivity index (χ1) is 15.4. The Morgan fingerprint density at radius 3 is 2.22 bits per heavy atom. The third-order valence-electron chi connectivity index (χ3n) is 5.00. The van der Waals surface area contributed by atoms with Gasteiger partial charge in [0, 0.05) is 25.7 Å². The molecular weight excluding hydrogens is 424 g/mol. The fourth-order valence-corrected chi connectivity index (χ4v) is 4.85. The second-order valence-electron chi connectivity index (χ2n) is 7.27. The van der Waals surface area contributed by atoms with Crippen molar-refractivity contribution in [3.8, 4) is 5.75 Å². The molecule has 0 aliphatic rings. The maximum atomic E-state index is 13.2. The zero-order chi connectivity index (χ0) is 23.0. The molecule has 0 heterocycles. The molecule has 0 atom stereocenters. The maximum absolute atomic E-state index is 13.2. The van der Waals surface area contributed by atoms with Gasteiger partial charge in [0.15, 0.2) is 0 Å². The number of rotatable bonds is 10. The van der Waals surface area contributed by atoms with Gasteiger partial charge in [-0.05, 0) is 55.8 Å². The van der Waals surface area contributed by atoms with Crippen LogP contribution in [0.15, 0.2) is 89.8 Å². The van der Waals surface area contributed by atoms with Crippen molar-refractivity contribution < 1.29 is 17.9 Å². The van der Waals surface area contributed by atoms with E-state index in [1.54, 1.807) is 55.3 Å². The molecule has 0 unspecified atom stereocenters. The van der Waals surface area contributed by atoms with Crippen LogP contribution in [0.2, 0.25) is 0 Å². The quantitative estimate of drug-likeness (QED) is 0.427. The third-order valence-corrected chi connectivity index (χ3v) is 6.90. The molecule has 0 aliphatic heterocycles. The summed E-state index contributed by atoms with van der Waals surface area (Å²) in [6, 6.07) is 24.6. The molecule has 3 aromatic rings. The molecule has 0 radical (unpaired) electrons. The zero-order valence-corrected chi connectivity index (χ0v) is 19.2. The Hall–Kier alpha value is -3.32. The Labute approximate surface area is 190 Å². The molecule has 0 aromatic heterocycles. The highest BCUT2D eigenvalue weighted by Crippen LogP contribution is 2.24. The first-order valence-corrected chi connectivity index (χ1v) is 12.0. The van der Waals surface area contributed by atoms with Gasteiger partial charge in [-0.1, -0.05) is 42.5 Å². The zero-order valence-electron chi connectivity index (χ0n) is 18.3. The number of nitrogens with zero attached hydrogens (tertiary/aromatic N) is 2. The second kappa shape index (κ2) is 10.8. The van der Waals surface area contributed by atoms with Crippen molar-refractivity contribution in [1.29, 1.82) is 0 Å². The van der Waals surface area contributed by atoms with Gasteiger partial charge in [0.05, 0.1) is 17.2 Å². The van der Waals surface area contributed by atoms with Crippen LogP contribution >= 0.6 is 0 Å². The molecule has 0 spiro atoms. The Kier molecular flexibility index (Phi) is 7.89. The van der Waals surface area contributed by atoms with Crippen LogP contribution in [0.4, 0.5) is 5.69 Å². The number of carbonyl (C=O) groups excluding carboxylic acids is 1. The fraction of sp³-hybridized carbons (Fsp3) is 0.240. The minimum absolute atomic E-state index is 0.0925. The van der Waals surface area contributed by atoms with E-state index in [9.17, 15) is 13.2 Å². The normalized spacial score (nSPS) is 11.1. The molecule has 1 amide bonds. The molecule has 0 aliphatic carbocycles. The molecule has 7 heteroatoms. The molecule has 6 nitrogen and oxygen atoms in total. The van der Waals surface area contributed by atoms with E-state index in [0.29, 0.717) is 30.8 Å². The summed E-state index contributed by atoms with van der Waals surface area (Å²) in [5, 5.41) is 0. The molecular formula is C25H28N2O4S. The van der Waals surface area contributed by atoms with E-state index in [0.717, 1.165) is 5.75 Å². The number of anilines is 1. The van der Waals surface area contributed by atoms with Crippen molar-refractivity contribution in [2.45, 2.75) is 18.2 Å². The number of ether oxygens (including phenoxy) is 1. The van der Waals surface area contributed by atoms with E-state index < -0.39 is 10.0 Å². The number of hydrogen-bond donors (Lipinski definition) is 0. The number of amides is 1. The summed E-state index contributed by atoms with van der Waals surface area (Å²) < 4.78 is 33.5. The minimum Gasteiger partial charge on any atom is -0.494 e. The molecule has 32 heavy (non-hydrogen) atoms. The number of carbonyl (C=O) groups is 1. The summed E-state index contributed by atoms with van der Waals surface area (Å²) in [4.78, 5) is 14.5. The van der Waals surface area contributed by atoms with Gasteiger partial charge in [-0.3, -0.25) is 9.10 Å². The van der Waals surface area contributed by atoms with Gasteiger partial charge >= 0.3 is 0 Å². The summed E-state index contributed by atoms with van der Waals surface area (Å²) in [6.07, 6.45) is 0.659. The van der Waals surface area contributed by atoms with Gasteiger partial charge in [-0.15, -0.1) is 0 Å². The predicted molar refractivity (Wildman–Crippen MR) is 127 cm³/mol. The van der Waals surface area contributed by atoms with Crippen molar-refractivity contribution in [3.63, 3.8) is 0 Å². The maximum Gasteiger partial charge on any atom is 0.264 e. The Morgan fingerprint density at radius 2 is 1.56 bits per heavy atom. The number of benzene rings is 3. The molecule has 3 rings (SSSR count). The van der Waals surface area contributed by atoms with E-state index in [2.05, 4.69) is 0 Å². The van der Waals surface area contributed by atoms with Crippen molar-refractivity contribution in [1.82, 2.24) is 4.90 Å². The molecule has 0 N–H and O–H groups in total. The van der Waals surface area contributed by atoms with E-state index in [1.807, 2.05) is 36.4 Å². The number of hydrogen-bond acceptors (Lipinski definition) is 4. The molecule has 0 fully saturated rings. The number of para-hydroxylation sites is 2. The van der Waals surface area contributed by atoms with Crippen LogP contribution in [0.3, 0.4) is 0 Å². The lowest BCUT2D eigenvalue weighted by molar-refractivity contribution is 0.0787. The van der Waals surface area contributed by atoms with Gasteiger partial charge in [-0.2, -0.15) is 0 Å². The summed E-state index contributed by atoms with van der Waals surface area (Å²) in [7, 11) is -2.09. The largest absolute Gasteiger partial charge is 0.494 e. The summed E-state index contributed by atoms with van der Waals surface area (Å²) in [5.41, 5.74) is 0.920. The molecule has 3 aromatic carbocycles. The average molecular weight is 453 g/mol. The van der Waals surface area contributed by atoms with Crippen LogP contribution in [-0.2, 0) is 10.0 Å². The Balaban J connectivity index is 1.67. The van der Waals surface area contributed by atoms with Crippen LogP contribution in [0, 0.1) is 0 Å². The van der Waals surface area contributed by atoms with Crippen LogP contribution < -0.4 is 9.04 Å². The minimum atomic E-state index is -3.79. The second-order valence-corrected chi connectivity index (χ2v) is 9.14. The topological polar surface area (TPSA) is 66.9 Å². The fourth-order valence-electron chi connectivity index (χ4n) is 3.33. The van der Waals surface area contributed by atoms with Crippen LogP contribution in [0.5, 0.6) is 5.75 Å².